The maximum Gasteiger partial charge on any atom is 0.152 e. The summed E-state index contributed by atoms with van der Waals surface area (Å²) in [5, 5.41) is 3.15. The minimum atomic E-state index is -0.508. The van der Waals surface area contributed by atoms with E-state index in [0.717, 1.165) is 19.3 Å². The molecule has 2 fully saturated rings. The average molecular weight is 295 g/mol. The molecule has 2 aliphatic rings. The summed E-state index contributed by atoms with van der Waals surface area (Å²) < 4.78 is 33.9. The Hall–Kier alpha value is -1.16. The Morgan fingerprint density at radius 3 is 2.67 bits per heavy atom. The lowest BCUT2D eigenvalue weighted by molar-refractivity contribution is -0.114. The number of anilines is 1. The molecule has 0 heterocycles. The molecule has 2 aliphatic carbocycles. The van der Waals surface area contributed by atoms with Gasteiger partial charge in [0, 0.05) is 18.1 Å². The van der Waals surface area contributed by atoms with E-state index in [1.54, 1.807) is 6.92 Å². The molecule has 2 nitrogen and oxygen atoms in total. The molecule has 1 spiro atoms. The van der Waals surface area contributed by atoms with Gasteiger partial charge in [-0.2, -0.15) is 0 Å². The van der Waals surface area contributed by atoms with Gasteiger partial charge in [-0.1, -0.05) is 18.9 Å². The Labute approximate surface area is 124 Å². The minimum Gasteiger partial charge on any atom is -0.378 e. The van der Waals surface area contributed by atoms with Crippen LogP contribution in [0, 0.1) is 24.0 Å². The zero-order valence-electron chi connectivity index (χ0n) is 12.7. The summed E-state index contributed by atoms with van der Waals surface area (Å²) >= 11 is 0. The highest BCUT2D eigenvalue weighted by atomic mass is 19.1. The van der Waals surface area contributed by atoms with Crippen molar-refractivity contribution >= 4 is 5.69 Å². The molecule has 0 radical (unpaired) electrons. The Morgan fingerprint density at radius 1 is 1.29 bits per heavy atom. The maximum atomic E-state index is 14.2. The second-order valence-corrected chi connectivity index (χ2v) is 6.37. The van der Waals surface area contributed by atoms with E-state index in [4.69, 9.17) is 4.74 Å². The Kier molecular flexibility index (Phi) is 3.91. The predicted molar refractivity (Wildman–Crippen MR) is 79.4 cm³/mol. The number of ether oxygens (including phenoxy) is 1. The summed E-state index contributed by atoms with van der Waals surface area (Å²) in [7, 11) is 0. The summed E-state index contributed by atoms with van der Waals surface area (Å²) in [4.78, 5) is 0. The van der Waals surface area contributed by atoms with Crippen molar-refractivity contribution in [1.29, 1.82) is 0 Å². The quantitative estimate of drug-likeness (QED) is 0.887. The second kappa shape index (κ2) is 5.56. The molecular formula is C17H23F2NO. The number of nitrogens with one attached hydrogen (secondary N) is 1. The first-order valence-electron chi connectivity index (χ1n) is 7.91. The van der Waals surface area contributed by atoms with E-state index in [0.29, 0.717) is 12.2 Å². The summed E-state index contributed by atoms with van der Waals surface area (Å²) in [5.41, 5.74) is 0.569. The van der Waals surface area contributed by atoms with Crippen LogP contribution in [0.5, 0.6) is 0 Å². The van der Waals surface area contributed by atoms with Gasteiger partial charge in [0.25, 0.3) is 0 Å². The van der Waals surface area contributed by atoms with Crippen LogP contribution in [0.1, 0.15) is 44.6 Å². The molecule has 3 rings (SSSR count). The smallest absolute Gasteiger partial charge is 0.152 e. The lowest BCUT2D eigenvalue weighted by Crippen LogP contribution is -2.60. The highest BCUT2D eigenvalue weighted by Gasteiger charge is 2.56. The molecule has 4 heteroatoms. The molecule has 0 aromatic heterocycles. The van der Waals surface area contributed by atoms with Crippen LogP contribution >= 0.6 is 0 Å². The van der Waals surface area contributed by atoms with Crippen molar-refractivity contribution in [2.24, 2.45) is 5.41 Å². The van der Waals surface area contributed by atoms with Crippen LogP contribution in [-0.4, -0.2) is 18.8 Å². The third kappa shape index (κ3) is 2.33. The van der Waals surface area contributed by atoms with Crippen LogP contribution in [0.4, 0.5) is 14.5 Å². The van der Waals surface area contributed by atoms with Gasteiger partial charge in [-0.15, -0.1) is 0 Å². The highest BCUT2D eigenvalue weighted by Crippen LogP contribution is 2.55. The molecule has 0 amide bonds. The van der Waals surface area contributed by atoms with Crippen molar-refractivity contribution < 1.29 is 13.5 Å². The molecule has 21 heavy (non-hydrogen) atoms. The standard InChI is InChI=1S/C17H23F2NO/c1-3-21-14-10-13(17(14)8-4-5-9-17)20-16-12(18)7-6-11(2)15(16)19/h6-7,13-14,20H,3-5,8-10H2,1-2H3. The molecule has 2 saturated carbocycles. The van der Waals surface area contributed by atoms with Crippen molar-refractivity contribution in [3.63, 3.8) is 0 Å². The number of aryl methyl sites for hydroxylation is 1. The van der Waals surface area contributed by atoms with Gasteiger partial charge in [-0.05, 0) is 44.7 Å². The van der Waals surface area contributed by atoms with Crippen LogP contribution in [0.15, 0.2) is 12.1 Å². The molecular weight excluding hydrogens is 272 g/mol. The fraction of sp³-hybridized carbons (Fsp3) is 0.647. The highest BCUT2D eigenvalue weighted by molar-refractivity contribution is 5.51. The molecule has 0 saturated heterocycles. The van der Waals surface area contributed by atoms with E-state index >= 15 is 0 Å². The molecule has 1 aromatic rings. The van der Waals surface area contributed by atoms with Crippen LogP contribution in [0.25, 0.3) is 0 Å². The fourth-order valence-electron chi connectivity index (χ4n) is 4.05. The molecule has 1 N–H and O–H groups in total. The zero-order chi connectivity index (χ0) is 15.0. The molecule has 1 aromatic carbocycles. The molecule has 0 bridgehead atoms. The number of rotatable bonds is 4. The van der Waals surface area contributed by atoms with Gasteiger partial charge in [0.2, 0.25) is 0 Å². The minimum absolute atomic E-state index is 0.0289. The largest absolute Gasteiger partial charge is 0.378 e. The Bertz CT molecular complexity index is 526. The Balaban J connectivity index is 1.81. The van der Waals surface area contributed by atoms with Crippen molar-refractivity contribution in [1.82, 2.24) is 0 Å². The summed E-state index contributed by atoms with van der Waals surface area (Å²) in [6.07, 6.45) is 5.61. The lowest BCUT2D eigenvalue weighted by atomic mass is 9.60. The summed E-state index contributed by atoms with van der Waals surface area (Å²) in [6.45, 7) is 4.37. The third-order valence-corrected chi connectivity index (χ3v) is 5.29. The molecule has 116 valence electrons. The summed E-state index contributed by atoms with van der Waals surface area (Å²) in [5.74, 6) is -0.978. The zero-order valence-corrected chi connectivity index (χ0v) is 12.7. The first kappa shape index (κ1) is 14.8. The maximum absolute atomic E-state index is 14.2. The SMILES string of the molecule is CCOC1CC(Nc2c(F)ccc(C)c2F)C12CCCC2. The van der Waals surface area contributed by atoms with Gasteiger partial charge >= 0.3 is 0 Å². The van der Waals surface area contributed by atoms with Crippen LogP contribution in [0.2, 0.25) is 0 Å². The fourth-order valence-corrected chi connectivity index (χ4v) is 4.05. The number of halogens is 2. The van der Waals surface area contributed by atoms with Gasteiger partial charge in [-0.3, -0.25) is 0 Å². The van der Waals surface area contributed by atoms with Crippen molar-refractivity contribution in [2.75, 3.05) is 11.9 Å². The van der Waals surface area contributed by atoms with Crippen LogP contribution in [0.3, 0.4) is 0 Å². The van der Waals surface area contributed by atoms with Crippen LogP contribution in [-0.2, 0) is 4.74 Å². The lowest BCUT2D eigenvalue weighted by Gasteiger charge is -2.54. The molecule has 2 unspecified atom stereocenters. The van der Waals surface area contributed by atoms with E-state index in [9.17, 15) is 8.78 Å². The molecule has 0 aliphatic heterocycles. The predicted octanol–water partition coefficient (Wildman–Crippen LogP) is 4.42. The van der Waals surface area contributed by atoms with E-state index in [-0.39, 0.29) is 23.2 Å². The monoisotopic (exact) mass is 295 g/mol. The molecule has 2 atom stereocenters. The number of benzene rings is 1. The van der Waals surface area contributed by atoms with Gasteiger partial charge in [0.05, 0.1) is 6.10 Å². The van der Waals surface area contributed by atoms with E-state index in [1.807, 2.05) is 6.92 Å². The Morgan fingerprint density at radius 2 is 2.00 bits per heavy atom. The number of hydrogen-bond acceptors (Lipinski definition) is 2. The number of hydrogen-bond donors (Lipinski definition) is 1. The van der Waals surface area contributed by atoms with E-state index in [2.05, 4.69) is 5.32 Å². The third-order valence-electron chi connectivity index (χ3n) is 5.29. The second-order valence-electron chi connectivity index (χ2n) is 6.37. The van der Waals surface area contributed by atoms with Gasteiger partial charge in [0.1, 0.15) is 11.5 Å². The van der Waals surface area contributed by atoms with Gasteiger partial charge in [-0.25, -0.2) is 8.78 Å². The summed E-state index contributed by atoms with van der Waals surface area (Å²) in [6, 6.07) is 2.92. The van der Waals surface area contributed by atoms with Crippen molar-refractivity contribution in [3.05, 3.63) is 29.3 Å². The van der Waals surface area contributed by atoms with Crippen LogP contribution < -0.4 is 5.32 Å². The van der Waals surface area contributed by atoms with Crippen molar-refractivity contribution in [2.45, 2.75) is 58.1 Å². The van der Waals surface area contributed by atoms with Crippen molar-refractivity contribution in [3.8, 4) is 0 Å². The first-order valence-corrected chi connectivity index (χ1v) is 7.91. The van der Waals surface area contributed by atoms with Gasteiger partial charge in [0.15, 0.2) is 5.82 Å². The van der Waals surface area contributed by atoms with Gasteiger partial charge < -0.3 is 10.1 Å². The average Bonchev–Trinajstić information content (AvgIpc) is 2.98. The first-order chi connectivity index (χ1) is 10.1. The van der Waals surface area contributed by atoms with E-state index in [1.165, 1.54) is 25.0 Å². The van der Waals surface area contributed by atoms with E-state index < -0.39 is 11.6 Å². The topological polar surface area (TPSA) is 21.3 Å². The normalized spacial score (nSPS) is 26.9.